The third-order valence-corrected chi connectivity index (χ3v) is 1.02. The molecule has 0 saturated heterocycles. The number of hydrogen-bond acceptors (Lipinski definition) is 2. The first-order valence-corrected chi connectivity index (χ1v) is 2.25. The lowest BCUT2D eigenvalue weighted by Gasteiger charge is -1.90. The van der Waals surface area contributed by atoms with Gasteiger partial charge in [-0.15, -0.1) is 0 Å². The molecule has 0 aromatic carbocycles. The molecule has 1 rings (SSSR count). The fourth-order valence-electron chi connectivity index (χ4n) is 0.508. The Balaban J connectivity index is 3.19. The quantitative estimate of drug-likeness (QED) is 0.512. The molecule has 3 heteroatoms. The van der Waals surface area contributed by atoms with E-state index < -0.39 is 0 Å². The van der Waals surface area contributed by atoms with Crippen LogP contribution < -0.4 is 0 Å². The van der Waals surface area contributed by atoms with Crippen LogP contribution in [0.5, 0.6) is 11.6 Å². The minimum atomic E-state index is -0.0926. The van der Waals surface area contributed by atoms with E-state index >= 15 is 0 Å². The molecule has 0 atom stereocenters. The molecule has 44 valence electrons. The molecular formula is C5H7NO2. The fourth-order valence-corrected chi connectivity index (χ4v) is 0.508. The summed E-state index contributed by atoms with van der Waals surface area (Å²) in [5.41, 5.74) is 0. The van der Waals surface area contributed by atoms with E-state index in [1.165, 1.54) is 10.6 Å². The van der Waals surface area contributed by atoms with Crippen LogP contribution in [0.1, 0.15) is 0 Å². The van der Waals surface area contributed by atoms with Crippen LogP contribution >= 0.6 is 0 Å². The molecule has 0 saturated carbocycles. The van der Waals surface area contributed by atoms with E-state index in [-0.39, 0.29) is 11.6 Å². The highest BCUT2D eigenvalue weighted by Crippen LogP contribution is 2.22. The largest absolute Gasteiger partial charge is 0.503 e. The number of hydrogen-bond donors (Lipinski definition) is 2. The van der Waals surface area contributed by atoms with Crippen LogP contribution in [0.2, 0.25) is 0 Å². The maximum atomic E-state index is 8.76. The van der Waals surface area contributed by atoms with Gasteiger partial charge in [-0.1, -0.05) is 0 Å². The molecule has 1 aromatic heterocycles. The van der Waals surface area contributed by atoms with Crippen molar-refractivity contribution in [3.63, 3.8) is 0 Å². The van der Waals surface area contributed by atoms with Gasteiger partial charge < -0.3 is 14.8 Å². The summed E-state index contributed by atoms with van der Waals surface area (Å²) in [6.45, 7) is 0. The van der Waals surface area contributed by atoms with Crippen molar-refractivity contribution in [2.75, 3.05) is 0 Å². The van der Waals surface area contributed by atoms with Gasteiger partial charge in [-0.05, 0) is 0 Å². The van der Waals surface area contributed by atoms with E-state index in [1.807, 2.05) is 0 Å². The van der Waals surface area contributed by atoms with Crippen molar-refractivity contribution >= 4 is 0 Å². The van der Waals surface area contributed by atoms with E-state index in [0.717, 1.165) is 0 Å². The van der Waals surface area contributed by atoms with Gasteiger partial charge in [0.15, 0.2) is 5.75 Å². The maximum absolute atomic E-state index is 8.76. The number of aryl methyl sites for hydroxylation is 1. The van der Waals surface area contributed by atoms with Gasteiger partial charge in [-0.2, -0.15) is 0 Å². The van der Waals surface area contributed by atoms with Crippen molar-refractivity contribution in [1.82, 2.24) is 4.57 Å². The highest BCUT2D eigenvalue weighted by atomic mass is 16.3. The lowest BCUT2D eigenvalue weighted by molar-refractivity contribution is 0.380. The number of aromatic hydroxyl groups is 2. The molecule has 0 aliphatic heterocycles. The number of nitrogens with zero attached hydrogens (tertiary/aromatic N) is 1. The lowest BCUT2D eigenvalue weighted by atomic mass is 10.6. The monoisotopic (exact) mass is 113 g/mol. The molecule has 0 aliphatic carbocycles. The van der Waals surface area contributed by atoms with Crippen LogP contribution in [0.4, 0.5) is 0 Å². The molecule has 0 aliphatic rings. The predicted molar refractivity (Wildman–Crippen MR) is 28.7 cm³/mol. The molecule has 1 aromatic rings. The first-order valence-electron chi connectivity index (χ1n) is 2.25. The van der Waals surface area contributed by atoms with Crippen LogP contribution in [0.15, 0.2) is 12.3 Å². The third kappa shape index (κ3) is 0.521. The zero-order valence-corrected chi connectivity index (χ0v) is 4.50. The van der Waals surface area contributed by atoms with Crippen LogP contribution in [0.25, 0.3) is 0 Å². The average Bonchev–Trinajstić information content (AvgIpc) is 1.98. The Morgan fingerprint density at radius 2 is 2.12 bits per heavy atom. The summed E-state index contributed by atoms with van der Waals surface area (Å²) < 4.78 is 1.43. The fraction of sp³-hybridized carbons (Fsp3) is 0.200. The van der Waals surface area contributed by atoms with Crippen LogP contribution in [-0.2, 0) is 7.05 Å². The molecule has 2 N–H and O–H groups in total. The van der Waals surface area contributed by atoms with Crippen LogP contribution in [-0.4, -0.2) is 14.8 Å². The summed E-state index contributed by atoms with van der Waals surface area (Å²) in [6.07, 6.45) is 1.57. The van der Waals surface area contributed by atoms with Gasteiger partial charge in [0.25, 0.3) is 0 Å². The molecule has 8 heavy (non-hydrogen) atoms. The van der Waals surface area contributed by atoms with E-state index in [4.69, 9.17) is 10.2 Å². The number of rotatable bonds is 0. The third-order valence-electron chi connectivity index (χ3n) is 1.02. The summed E-state index contributed by atoms with van der Waals surface area (Å²) in [5.74, 6) is -0.169. The maximum Gasteiger partial charge on any atom is 0.234 e. The molecule has 1 heterocycles. The average molecular weight is 113 g/mol. The molecular weight excluding hydrogens is 106 g/mol. The van der Waals surface area contributed by atoms with E-state index in [9.17, 15) is 0 Å². The number of aromatic nitrogens is 1. The second-order valence-corrected chi connectivity index (χ2v) is 1.64. The van der Waals surface area contributed by atoms with Crippen LogP contribution in [0, 0.1) is 0 Å². The van der Waals surface area contributed by atoms with Gasteiger partial charge >= 0.3 is 0 Å². The highest BCUT2D eigenvalue weighted by Gasteiger charge is 1.98. The topological polar surface area (TPSA) is 45.4 Å². The van der Waals surface area contributed by atoms with Crippen molar-refractivity contribution in [3.8, 4) is 11.6 Å². The van der Waals surface area contributed by atoms with E-state index in [1.54, 1.807) is 13.2 Å². The molecule has 0 unspecified atom stereocenters. The SMILES string of the molecule is Cn1ccc(O)c1O. The van der Waals surface area contributed by atoms with Crippen molar-refractivity contribution in [2.24, 2.45) is 7.05 Å². The summed E-state index contributed by atoms with van der Waals surface area (Å²) in [5, 5.41) is 17.4. The minimum Gasteiger partial charge on any atom is -0.503 e. The standard InChI is InChI=1S/C5H7NO2/c1-6-3-2-4(7)5(6)8/h2-3,7-8H,1H3. The summed E-state index contributed by atoms with van der Waals surface area (Å²) in [6, 6.07) is 1.43. The summed E-state index contributed by atoms with van der Waals surface area (Å²) in [7, 11) is 1.65. The Labute approximate surface area is 46.8 Å². The first-order chi connectivity index (χ1) is 3.72. The Bertz CT molecular complexity index is 173. The van der Waals surface area contributed by atoms with Crippen molar-refractivity contribution in [2.45, 2.75) is 0 Å². The Morgan fingerprint density at radius 3 is 2.25 bits per heavy atom. The van der Waals surface area contributed by atoms with Gasteiger partial charge in [0.1, 0.15) is 0 Å². The molecule has 0 radical (unpaired) electrons. The first kappa shape index (κ1) is 5.03. The molecule has 0 amide bonds. The van der Waals surface area contributed by atoms with Gasteiger partial charge in [-0.25, -0.2) is 0 Å². The zero-order valence-electron chi connectivity index (χ0n) is 4.50. The normalized spacial score (nSPS) is 9.62. The molecule has 3 nitrogen and oxygen atoms in total. The van der Waals surface area contributed by atoms with Crippen molar-refractivity contribution in [3.05, 3.63) is 12.3 Å². The lowest BCUT2D eigenvalue weighted by Crippen LogP contribution is -1.80. The smallest absolute Gasteiger partial charge is 0.234 e. The molecule has 0 spiro atoms. The summed E-state index contributed by atoms with van der Waals surface area (Å²) >= 11 is 0. The second kappa shape index (κ2) is 1.43. The van der Waals surface area contributed by atoms with E-state index in [0.29, 0.717) is 0 Å². The minimum absolute atomic E-state index is 0.0764. The Hall–Kier alpha value is -1.12. The predicted octanol–water partition coefficient (Wildman–Crippen LogP) is 0.436. The second-order valence-electron chi connectivity index (χ2n) is 1.64. The van der Waals surface area contributed by atoms with Gasteiger partial charge in [0.2, 0.25) is 5.88 Å². The van der Waals surface area contributed by atoms with Crippen LogP contribution in [0.3, 0.4) is 0 Å². The van der Waals surface area contributed by atoms with Crippen molar-refractivity contribution < 1.29 is 10.2 Å². The molecule has 0 bridgehead atoms. The highest BCUT2D eigenvalue weighted by molar-refractivity contribution is 5.31. The van der Waals surface area contributed by atoms with Gasteiger partial charge in [-0.3, -0.25) is 0 Å². The summed E-state index contributed by atoms with van der Waals surface area (Å²) in [4.78, 5) is 0. The van der Waals surface area contributed by atoms with Gasteiger partial charge in [0.05, 0.1) is 0 Å². The van der Waals surface area contributed by atoms with Crippen molar-refractivity contribution in [1.29, 1.82) is 0 Å². The van der Waals surface area contributed by atoms with Gasteiger partial charge in [0, 0.05) is 19.3 Å². The molecule has 0 fully saturated rings. The Kier molecular flexibility index (Phi) is 0.901. The zero-order chi connectivity index (χ0) is 6.15. The van der Waals surface area contributed by atoms with E-state index in [2.05, 4.69) is 0 Å². The Morgan fingerprint density at radius 1 is 1.50 bits per heavy atom.